The molecule has 0 aliphatic carbocycles. The number of amides is 1. The van der Waals surface area contributed by atoms with Crippen molar-refractivity contribution in [3.63, 3.8) is 0 Å². The van der Waals surface area contributed by atoms with Gasteiger partial charge >= 0.3 is 5.97 Å². The zero-order valence-electron chi connectivity index (χ0n) is 10.0. The van der Waals surface area contributed by atoms with Crippen molar-refractivity contribution in [2.45, 2.75) is 6.92 Å². The summed E-state index contributed by atoms with van der Waals surface area (Å²) >= 11 is 1.26. The smallest absolute Gasteiger partial charge is 0.322 e. The van der Waals surface area contributed by atoms with Gasteiger partial charge in [0.2, 0.25) is 5.91 Å². The van der Waals surface area contributed by atoms with E-state index in [1.165, 1.54) is 17.9 Å². The van der Waals surface area contributed by atoms with Gasteiger partial charge in [0.15, 0.2) is 0 Å². The third kappa shape index (κ3) is 3.13. The Morgan fingerprint density at radius 3 is 2.89 bits per heavy atom. The number of carboxylic acid groups (broad SMARTS) is 1. The van der Waals surface area contributed by atoms with Gasteiger partial charge in [-0.15, -0.1) is 0 Å². The van der Waals surface area contributed by atoms with E-state index in [4.69, 9.17) is 5.11 Å². The molecule has 0 radical (unpaired) electrons. The molecular formula is C10H11N5O3S. The molecule has 0 bridgehead atoms. The van der Waals surface area contributed by atoms with E-state index in [1.807, 2.05) is 6.92 Å². The van der Waals surface area contributed by atoms with E-state index in [-0.39, 0.29) is 6.54 Å². The molecule has 0 aliphatic rings. The Hall–Kier alpha value is -2.29. The summed E-state index contributed by atoms with van der Waals surface area (Å²) in [6.07, 6.45) is 1.39. The summed E-state index contributed by atoms with van der Waals surface area (Å²) in [7, 11) is 0. The summed E-state index contributed by atoms with van der Waals surface area (Å²) in [6, 6.07) is 0. The first kappa shape index (κ1) is 13.1. The number of carbonyl (C=O) groups is 2. The van der Waals surface area contributed by atoms with E-state index in [9.17, 15) is 9.59 Å². The fraction of sp³-hybridized carbons (Fsp3) is 0.300. The highest BCUT2D eigenvalue weighted by Gasteiger charge is 2.11. The van der Waals surface area contributed by atoms with Crippen molar-refractivity contribution < 1.29 is 14.7 Å². The minimum atomic E-state index is -1.09. The first-order valence-electron chi connectivity index (χ1n) is 5.37. The van der Waals surface area contributed by atoms with Gasteiger partial charge in [-0.05, 0) is 18.5 Å². The quantitative estimate of drug-likeness (QED) is 0.706. The molecule has 2 rings (SSSR count). The van der Waals surface area contributed by atoms with Crippen LogP contribution in [0.1, 0.15) is 5.69 Å². The number of rotatable bonds is 5. The van der Waals surface area contributed by atoms with Crippen LogP contribution in [-0.4, -0.2) is 44.4 Å². The predicted octanol–water partition coefficient (Wildman–Crippen LogP) is 0.00742. The summed E-state index contributed by atoms with van der Waals surface area (Å²) in [5.41, 5.74) is 0.786. The Morgan fingerprint density at radius 2 is 2.16 bits per heavy atom. The standard InChI is InChI=1S/C10H11N5O3S/c1-5-8-9(13-4-14-10(8)19-15-5)12-2-6(16)11-3-7(17)18/h4H,2-3H2,1H3,(H,11,16)(H,17,18)(H,12,13,14). The summed E-state index contributed by atoms with van der Waals surface area (Å²) < 4.78 is 4.16. The number of aryl methyl sites for hydroxylation is 1. The lowest BCUT2D eigenvalue weighted by Crippen LogP contribution is -2.34. The second-order valence-electron chi connectivity index (χ2n) is 3.69. The summed E-state index contributed by atoms with van der Waals surface area (Å²) in [4.78, 5) is 30.6. The Kier molecular flexibility index (Phi) is 3.85. The maximum absolute atomic E-state index is 11.4. The molecule has 100 valence electrons. The minimum Gasteiger partial charge on any atom is -0.480 e. The van der Waals surface area contributed by atoms with Crippen molar-refractivity contribution >= 4 is 39.4 Å². The van der Waals surface area contributed by atoms with Crippen LogP contribution in [0.3, 0.4) is 0 Å². The Balaban J connectivity index is 2.03. The molecule has 2 aromatic heterocycles. The monoisotopic (exact) mass is 281 g/mol. The van der Waals surface area contributed by atoms with Crippen LogP contribution in [0.5, 0.6) is 0 Å². The van der Waals surface area contributed by atoms with Gasteiger partial charge in [-0.1, -0.05) is 0 Å². The number of carboxylic acids is 1. The van der Waals surface area contributed by atoms with Crippen molar-refractivity contribution in [3.05, 3.63) is 12.0 Å². The van der Waals surface area contributed by atoms with Crippen molar-refractivity contribution in [2.24, 2.45) is 0 Å². The molecule has 0 aromatic carbocycles. The van der Waals surface area contributed by atoms with Gasteiger partial charge in [0, 0.05) is 0 Å². The molecule has 8 nitrogen and oxygen atoms in total. The van der Waals surface area contributed by atoms with Gasteiger partial charge in [0.25, 0.3) is 0 Å². The molecule has 19 heavy (non-hydrogen) atoms. The first-order chi connectivity index (χ1) is 9.08. The van der Waals surface area contributed by atoms with E-state index in [2.05, 4.69) is 25.0 Å². The highest BCUT2D eigenvalue weighted by molar-refractivity contribution is 7.13. The summed E-state index contributed by atoms with van der Waals surface area (Å²) in [5.74, 6) is -0.993. The number of aliphatic carboxylic acids is 1. The average Bonchev–Trinajstić information content (AvgIpc) is 2.76. The van der Waals surface area contributed by atoms with Gasteiger partial charge in [-0.3, -0.25) is 9.59 Å². The number of hydrogen-bond donors (Lipinski definition) is 3. The van der Waals surface area contributed by atoms with Gasteiger partial charge in [-0.2, -0.15) is 4.37 Å². The number of aromatic nitrogens is 3. The molecular weight excluding hydrogens is 270 g/mol. The Labute approximate surface area is 112 Å². The molecule has 0 saturated carbocycles. The molecule has 0 saturated heterocycles. The lowest BCUT2D eigenvalue weighted by atomic mass is 10.3. The first-order valence-corrected chi connectivity index (χ1v) is 6.14. The normalized spacial score (nSPS) is 10.4. The number of nitrogens with zero attached hydrogens (tertiary/aromatic N) is 3. The molecule has 0 fully saturated rings. The Bertz CT molecular complexity index is 627. The van der Waals surface area contributed by atoms with E-state index in [0.29, 0.717) is 5.82 Å². The lowest BCUT2D eigenvalue weighted by Gasteiger charge is -2.06. The summed E-state index contributed by atoms with van der Waals surface area (Å²) in [5, 5.41) is 14.3. The second-order valence-corrected chi connectivity index (χ2v) is 4.45. The number of nitrogens with one attached hydrogen (secondary N) is 2. The number of carbonyl (C=O) groups excluding carboxylic acids is 1. The minimum absolute atomic E-state index is 0.0608. The van der Waals surface area contributed by atoms with Crippen molar-refractivity contribution in [3.8, 4) is 0 Å². The summed E-state index contributed by atoms with van der Waals surface area (Å²) in [6.45, 7) is 1.37. The largest absolute Gasteiger partial charge is 0.480 e. The molecule has 3 N–H and O–H groups in total. The van der Waals surface area contributed by atoms with Gasteiger partial charge in [0.05, 0.1) is 17.6 Å². The maximum atomic E-state index is 11.4. The number of hydrogen-bond acceptors (Lipinski definition) is 7. The molecule has 2 heterocycles. The molecule has 2 aromatic rings. The number of anilines is 1. The highest BCUT2D eigenvalue weighted by Crippen LogP contribution is 2.25. The topological polar surface area (TPSA) is 117 Å². The fourth-order valence-electron chi connectivity index (χ4n) is 1.46. The van der Waals surface area contributed by atoms with Crippen molar-refractivity contribution in [2.75, 3.05) is 18.4 Å². The van der Waals surface area contributed by atoms with E-state index in [0.717, 1.165) is 15.9 Å². The van der Waals surface area contributed by atoms with Gasteiger partial charge in [-0.25, -0.2) is 9.97 Å². The maximum Gasteiger partial charge on any atom is 0.322 e. The van der Waals surface area contributed by atoms with E-state index in [1.54, 1.807) is 0 Å². The molecule has 0 aliphatic heterocycles. The Morgan fingerprint density at radius 1 is 1.37 bits per heavy atom. The van der Waals surface area contributed by atoms with Crippen LogP contribution in [0.2, 0.25) is 0 Å². The second kappa shape index (κ2) is 5.57. The van der Waals surface area contributed by atoms with Crippen LogP contribution in [-0.2, 0) is 9.59 Å². The van der Waals surface area contributed by atoms with Crippen LogP contribution >= 0.6 is 11.5 Å². The molecule has 9 heteroatoms. The molecule has 0 unspecified atom stereocenters. The molecule has 1 amide bonds. The fourth-order valence-corrected chi connectivity index (χ4v) is 2.20. The zero-order valence-corrected chi connectivity index (χ0v) is 10.8. The van der Waals surface area contributed by atoms with Crippen LogP contribution in [0, 0.1) is 6.92 Å². The van der Waals surface area contributed by atoms with Crippen LogP contribution in [0.15, 0.2) is 6.33 Å². The van der Waals surface area contributed by atoms with E-state index >= 15 is 0 Å². The van der Waals surface area contributed by atoms with Crippen LogP contribution in [0.4, 0.5) is 5.82 Å². The third-order valence-corrected chi connectivity index (χ3v) is 3.14. The molecule has 0 atom stereocenters. The predicted molar refractivity (Wildman–Crippen MR) is 69.1 cm³/mol. The van der Waals surface area contributed by atoms with Crippen LogP contribution < -0.4 is 10.6 Å². The van der Waals surface area contributed by atoms with Gasteiger partial charge < -0.3 is 15.7 Å². The van der Waals surface area contributed by atoms with E-state index < -0.39 is 18.4 Å². The van der Waals surface area contributed by atoms with Crippen molar-refractivity contribution in [1.29, 1.82) is 0 Å². The average molecular weight is 281 g/mol. The zero-order chi connectivity index (χ0) is 13.8. The highest BCUT2D eigenvalue weighted by atomic mass is 32.1. The van der Waals surface area contributed by atoms with Gasteiger partial charge in [0.1, 0.15) is 23.5 Å². The lowest BCUT2D eigenvalue weighted by molar-refractivity contribution is -0.137. The molecule has 0 spiro atoms. The van der Waals surface area contributed by atoms with Crippen LogP contribution in [0.25, 0.3) is 10.2 Å². The SMILES string of the molecule is Cc1nsc2ncnc(NCC(=O)NCC(=O)O)c12. The number of fused-ring (bicyclic) bond motifs is 1. The van der Waals surface area contributed by atoms with Crippen molar-refractivity contribution in [1.82, 2.24) is 19.7 Å². The third-order valence-electron chi connectivity index (χ3n) is 2.30.